The molecule has 0 aliphatic heterocycles. The van der Waals surface area contributed by atoms with Crippen molar-refractivity contribution in [3.63, 3.8) is 0 Å². The number of rotatable bonds is 2. The van der Waals surface area contributed by atoms with Crippen LogP contribution in [0, 0.1) is 0 Å². The summed E-state index contributed by atoms with van der Waals surface area (Å²) >= 11 is 6.63. The summed E-state index contributed by atoms with van der Waals surface area (Å²) in [6.07, 6.45) is 0. The van der Waals surface area contributed by atoms with Crippen LogP contribution in [0.5, 0.6) is 0 Å². The van der Waals surface area contributed by atoms with Gasteiger partial charge in [-0.25, -0.2) is 8.42 Å². The van der Waals surface area contributed by atoms with Crippen molar-refractivity contribution in [3.05, 3.63) is 78.2 Å². The molecule has 2 N–H and O–H groups in total. The first-order valence-electron chi connectivity index (χ1n) is 7.66. The second-order valence-corrected chi connectivity index (χ2v) is 9.61. The van der Waals surface area contributed by atoms with E-state index in [0.717, 1.165) is 8.95 Å². The molecule has 0 saturated carbocycles. The molecule has 0 aliphatic rings. The molecule has 0 spiro atoms. The molecule has 9 heteroatoms. The molecule has 0 unspecified atom stereocenters. The number of nitrogens with one attached hydrogen (secondary N) is 2. The minimum Gasteiger partial charge on any atom is -0.321 e. The van der Waals surface area contributed by atoms with Gasteiger partial charge >= 0.3 is 0 Å². The Bertz CT molecular complexity index is 1350. The molecule has 4 aromatic rings. The van der Waals surface area contributed by atoms with Crippen LogP contribution in [0.1, 0.15) is 0 Å². The van der Waals surface area contributed by atoms with E-state index >= 15 is 0 Å². The predicted octanol–water partition coefficient (Wildman–Crippen LogP) is 3.73. The van der Waals surface area contributed by atoms with Crippen LogP contribution in [0.3, 0.4) is 0 Å². The Kier molecular flexibility index (Phi) is 4.32. The van der Waals surface area contributed by atoms with E-state index in [9.17, 15) is 18.0 Å². The molecular weight excluding hydrogens is 500 g/mol. The first-order valence-corrected chi connectivity index (χ1v) is 10.7. The summed E-state index contributed by atoms with van der Waals surface area (Å²) in [4.78, 5) is 28.9. The molecule has 27 heavy (non-hydrogen) atoms. The Hall–Kier alpha value is -2.23. The maximum absolute atomic E-state index is 13.1. The van der Waals surface area contributed by atoms with Crippen molar-refractivity contribution in [2.24, 2.45) is 0 Å². The minimum atomic E-state index is -4.33. The predicted molar refractivity (Wildman–Crippen MR) is 110 cm³/mol. The third kappa shape index (κ3) is 3.15. The molecule has 0 aliphatic carbocycles. The monoisotopic (exact) mass is 508 g/mol. The van der Waals surface area contributed by atoms with E-state index in [2.05, 4.69) is 41.8 Å². The van der Waals surface area contributed by atoms with Crippen LogP contribution in [-0.4, -0.2) is 18.4 Å². The number of hydrogen-bond donors (Lipinski definition) is 2. The highest BCUT2D eigenvalue weighted by molar-refractivity contribution is 9.10. The van der Waals surface area contributed by atoms with E-state index < -0.39 is 30.7 Å². The van der Waals surface area contributed by atoms with Gasteiger partial charge in [-0.05, 0) is 48.5 Å². The standard InChI is InChI=1S/C18H10Br2N2O4S/c19-11-1-3-13-9(5-11)7-15(17(23)21-13)27(25,26)16-8-10-6-12(20)2-4-14(10)22-18(16)24/h1-8H,(H,21,23)(H,22,24). The zero-order chi connectivity index (χ0) is 19.3. The Labute approximate surface area is 169 Å². The van der Waals surface area contributed by atoms with Crippen LogP contribution in [0.2, 0.25) is 0 Å². The second-order valence-electron chi connectivity index (χ2n) is 5.89. The number of pyridine rings is 2. The third-order valence-corrected chi connectivity index (χ3v) is 6.87. The summed E-state index contributed by atoms with van der Waals surface area (Å²) in [7, 11) is -4.33. The van der Waals surface area contributed by atoms with Gasteiger partial charge in [-0.2, -0.15) is 0 Å². The van der Waals surface area contributed by atoms with Crippen LogP contribution in [0.25, 0.3) is 21.8 Å². The number of benzene rings is 2. The highest BCUT2D eigenvalue weighted by atomic mass is 79.9. The highest BCUT2D eigenvalue weighted by Gasteiger charge is 2.25. The Morgan fingerprint density at radius 1 is 0.667 bits per heavy atom. The number of aromatic amines is 2. The Balaban J connectivity index is 2.01. The summed E-state index contributed by atoms with van der Waals surface area (Å²) in [6, 6.07) is 12.7. The molecule has 4 rings (SSSR count). The van der Waals surface area contributed by atoms with Crippen molar-refractivity contribution in [1.82, 2.24) is 9.97 Å². The first kappa shape index (κ1) is 18.1. The molecule has 6 nitrogen and oxygen atoms in total. The van der Waals surface area contributed by atoms with Gasteiger partial charge in [0.1, 0.15) is 9.79 Å². The number of sulfone groups is 1. The fraction of sp³-hybridized carbons (Fsp3) is 0. The lowest BCUT2D eigenvalue weighted by molar-refractivity contribution is 0.594. The topological polar surface area (TPSA) is 99.9 Å². The van der Waals surface area contributed by atoms with Gasteiger partial charge in [0.05, 0.1) is 0 Å². The van der Waals surface area contributed by atoms with Crippen LogP contribution in [0.4, 0.5) is 0 Å². The zero-order valence-electron chi connectivity index (χ0n) is 13.4. The number of hydrogen-bond acceptors (Lipinski definition) is 4. The van der Waals surface area contributed by atoms with Crippen LogP contribution >= 0.6 is 31.9 Å². The van der Waals surface area contributed by atoms with E-state index in [1.807, 2.05) is 0 Å². The lowest BCUT2D eigenvalue weighted by atomic mass is 10.2. The smallest absolute Gasteiger partial charge is 0.267 e. The van der Waals surface area contributed by atoms with Gasteiger partial charge < -0.3 is 9.97 Å². The van der Waals surface area contributed by atoms with Crippen molar-refractivity contribution >= 4 is 63.5 Å². The molecule has 2 heterocycles. The van der Waals surface area contributed by atoms with Crippen LogP contribution in [-0.2, 0) is 9.84 Å². The van der Waals surface area contributed by atoms with Gasteiger partial charge in [0.2, 0.25) is 9.84 Å². The molecular formula is C18H10Br2N2O4S. The fourth-order valence-corrected chi connectivity index (χ4v) is 4.98. The summed E-state index contributed by atoms with van der Waals surface area (Å²) < 4.78 is 27.6. The number of H-pyrrole nitrogens is 2. The molecule has 0 radical (unpaired) electrons. The quantitative estimate of drug-likeness (QED) is 0.430. The molecule has 2 aromatic heterocycles. The lowest BCUT2D eigenvalue weighted by Crippen LogP contribution is -2.23. The summed E-state index contributed by atoms with van der Waals surface area (Å²) in [5, 5.41) is 1.06. The van der Waals surface area contributed by atoms with E-state index in [-0.39, 0.29) is 0 Å². The Morgan fingerprint density at radius 3 is 1.48 bits per heavy atom. The zero-order valence-corrected chi connectivity index (χ0v) is 17.4. The molecule has 136 valence electrons. The number of fused-ring (bicyclic) bond motifs is 2. The third-order valence-electron chi connectivity index (χ3n) is 4.12. The van der Waals surface area contributed by atoms with Gasteiger partial charge in [0, 0.05) is 30.8 Å². The van der Waals surface area contributed by atoms with E-state index in [4.69, 9.17) is 0 Å². The normalized spacial score (nSPS) is 11.9. The number of aromatic nitrogens is 2. The maximum atomic E-state index is 13.1. The van der Waals surface area contributed by atoms with Crippen molar-refractivity contribution < 1.29 is 8.42 Å². The maximum Gasteiger partial charge on any atom is 0.267 e. The molecule has 0 amide bonds. The van der Waals surface area contributed by atoms with Crippen molar-refractivity contribution in [2.45, 2.75) is 9.79 Å². The average Bonchev–Trinajstić information content (AvgIpc) is 2.61. The number of halogens is 2. The van der Waals surface area contributed by atoms with Crippen molar-refractivity contribution in [3.8, 4) is 0 Å². The average molecular weight is 510 g/mol. The molecule has 2 aromatic carbocycles. The summed E-state index contributed by atoms with van der Waals surface area (Å²) in [5.41, 5.74) is -0.561. The summed E-state index contributed by atoms with van der Waals surface area (Å²) in [6.45, 7) is 0. The molecule has 0 atom stereocenters. The lowest BCUT2D eigenvalue weighted by Gasteiger charge is -2.07. The highest BCUT2D eigenvalue weighted by Crippen LogP contribution is 2.24. The first-order chi connectivity index (χ1) is 12.8. The Morgan fingerprint density at radius 2 is 1.07 bits per heavy atom. The van der Waals surface area contributed by atoms with Gasteiger partial charge in [0.25, 0.3) is 11.1 Å². The van der Waals surface area contributed by atoms with Crippen LogP contribution < -0.4 is 11.1 Å². The molecule has 0 fully saturated rings. The minimum absolute atomic E-state index is 0.479. The van der Waals surface area contributed by atoms with Crippen molar-refractivity contribution in [1.29, 1.82) is 0 Å². The second kappa shape index (κ2) is 6.43. The van der Waals surface area contributed by atoms with E-state index in [0.29, 0.717) is 21.8 Å². The molecule has 0 bridgehead atoms. The fourth-order valence-electron chi connectivity index (χ4n) is 2.83. The summed E-state index contributed by atoms with van der Waals surface area (Å²) in [5.74, 6) is 0. The van der Waals surface area contributed by atoms with Gasteiger partial charge in [-0.15, -0.1) is 0 Å². The molecule has 0 saturated heterocycles. The largest absolute Gasteiger partial charge is 0.321 e. The SMILES string of the molecule is O=c1[nH]c2ccc(Br)cc2cc1S(=O)(=O)c1cc2cc(Br)ccc2[nH]c1=O. The van der Waals surface area contributed by atoms with Gasteiger partial charge in [-0.1, -0.05) is 31.9 Å². The van der Waals surface area contributed by atoms with Crippen molar-refractivity contribution in [2.75, 3.05) is 0 Å². The van der Waals surface area contributed by atoms with Crippen LogP contribution in [0.15, 0.2) is 76.9 Å². The van der Waals surface area contributed by atoms with E-state index in [1.54, 1.807) is 36.4 Å². The van der Waals surface area contributed by atoms with Gasteiger partial charge in [0.15, 0.2) is 0 Å². The van der Waals surface area contributed by atoms with E-state index in [1.165, 1.54) is 12.1 Å². The van der Waals surface area contributed by atoms with Gasteiger partial charge in [-0.3, -0.25) is 9.59 Å².